The Labute approximate surface area is 163 Å². The fraction of sp³-hybridized carbons (Fsp3) is 0.222. The molecule has 154 valence electrons. The summed E-state index contributed by atoms with van der Waals surface area (Å²) in [5.41, 5.74) is 1.61. The molecule has 0 saturated carbocycles. The third kappa shape index (κ3) is 4.10. The molecule has 1 aliphatic heterocycles. The van der Waals surface area contributed by atoms with Gasteiger partial charge in [0.2, 0.25) is 5.37 Å². The average molecular weight is 428 g/mol. The predicted octanol–water partition coefficient (Wildman–Crippen LogP) is 2.07. The summed E-state index contributed by atoms with van der Waals surface area (Å²) in [6, 6.07) is 10.3. The summed E-state index contributed by atoms with van der Waals surface area (Å²) in [6.07, 6.45) is -4.44. The van der Waals surface area contributed by atoms with E-state index >= 15 is 0 Å². The minimum Gasteiger partial charge on any atom is -0.313 e. The van der Waals surface area contributed by atoms with Crippen LogP contribution in [0, 0.1) is 0 Å². The number of hydrogen-bond donors (Lipinski definition) is 2. The van der Waals surface area contributed by atoms with Crippen molar-refractivity contribution in [1.29, 1.82) is 0 Å². The van der Waals surface area contributed by atoms with E-state index < -0.39 is 44.5 Å². The maximum absolute atomic E-state index is 12.7. The van der Waals surface area contributed by atoms with Gasteiger partial charge in [-0.15, -0.1) is 0 Å². The van der Waals surface area contributed by atoms with Crippen LogP contribution in [0.1, 0.15) is 15.9 Å². The van der Waals surface area contributed by atoms with Crippen molar-refractivity contribution >= 4 is 21.7 Å². The van der Waals surface area contributed by atoms with E-state index in [1.807, 2.05) is 0 Å². The minimum atomic E-state index is -4.44. The first-order valence-corrected chi connectivity index (χ1v) is 10.0. The summed E-state index contributed by atoms with van der Waals surface area (Å²) in [5, 5.41) is 6.93. The first kappa shape index (κ1) is 20.8. The highest BCUT2D eigenvalue weighted by atomic mass is 32.2. The SMILES string of the molecule is O=C(NO)[C@H]1N(C(=O)c2ccc(-c3ccc(C(F)(F)F)cc3)cc2)CCS1(=O)=O. The zero-order valence-corrected chi connectivity index (χ0v) is 15.5. The molecule has 2 N–H and O–H groups in total. The first-order valence-electron chi connectivity index (χ1n) is 8.29. The van der Waals surface area contributed by atoms with E-state index in [2.05, 4.69) is 0 Å². The van der Waals surface area contributed by atoms with E-state index in [9.17, 15) is 31.2 Å². The van der Waals surface area contributed by atoms with Crippen molar-refractivity contribution < 1.29 is 36.4 Å². The molecule has 0 aromatic heterocycles. The molecule has 1 atom stereocenters. The molecular formula is C18H15F3N2O5S. The molecule has 1 saturated heterocycles. The lowest BCUT2D eigenvalue weighted by molar-refractivity contribution is -0.137. The fourth-order valence-electron chi connectivity index (χ4n) is 3.04. The van der Waals surface area contributed by atoms with Crippen LogP contribution in [0.15, 0.2) is 48.5 Å². The van der Waals surface area contributed by atoms with Crippen molar-refractivity contribution in [3.05, 3.63) is 59.7 Å². The molecule has 3 rings (SSSR count). The van der Waals surface area contributed by atoms with Crippen LogP contribution in [-0.2, 0) is 20.8 Å². The lowest BCUT2D eigenvalue weighted by Crippen LogP contribution is -2.47. The van der Waals surface area contributed by atoms with Gasteiger partial charge in [0, 0.05) is 12.1 Å². The zero-order chi connectivity index (χ0) is 21.4. The minimum absolute atomic E-state index is 0.0912. The lowest BCUT2D eigenvalue weighted by atomic mass is 10.0. The van der Waals surface area contributed by atoms with Gasteiger partial charge in [0.15, 0.2) is 9.84 Å². The Morgan fingerprint density at radius 3 is 2.00 bits per heavy atom. The van der Waals surface area contributed by atoms with E-state index in [0.29, 0.717) is 11.1 Å². The van der Waals surface area contributed by atoms with Crippen LogP contribution in [0.4, 0.5) is 13.2 Å². The van der Waals surface area contributed by atoms with Gasteiger partial charge in [-0.3, -0.25) is 14.8 Å². The van der Waals surface area contributed by atoms with E-state index in [1.54, 1.807) is 0 Å². The zero-order valence-electron chi connectivity index (χ0n) is 14.7. The number of rotatable bonds is 3. The lowest BCUT2D eigenvalue weighted by Gasteiger charge is -2.21. The molecule has 0 unspecified atom stereocenters. The van der Waals surface area contributed by atoms with Gasteiger partial charge < -0.3 is 4.90 Å². The second-order valence-electron chi connectivity index (χ2n) is 6.35. The second kappa shape index (κ2) is 7.48. The molecule has 2 aromatic rings. The largest absolute Gasteiger partial charge is 0.416 e. The van der Waals surface area contributed by atoms with Crippen molar-refractivity contribution in [1.82, 2.24) is 10.4 Å². The van der Waals surface area contributed by atoms with Gasteiger partial charge in [0.1, 0.15) is 0 Å². The number of nitrogens with zero attached hydrogens (tertiary/aromatic N) is 1. The Kier molecular flexibility index (Phi) is 5.37. The normalized spacial score (nSPS) is 18.5. The van der Waals surface area contributed by atoms with Gasteiger partial charge in [-0.25, -0.2) is 13.9 Å². The average Bonchev–Trinajstić information content (AvgIpc) is 3.01. The number of amides is 2. The van der Waals surface area contributed by atoms with Crippen molar-refractivity contribution in [3.63, 3.8) is 0 Å². The van der Waals surface area contributed by atoms with Gasteiger partial charge in [0.25, 0.3) is 11.8 Å². The molecule has 1 heterocycles. The number of hydroxylamine groups is 1. The van der Waals surface area contributed by atoms with E-state index in [0.717, 1.165) is 17.0 Å². The van der Waals surface area contributed by atoms with Crippen molar-refractivity contribution in [2.45, 2.75) is 11.6 Å². The molecule has 0 bridgehead atoms. The Bertz CT molecular complexity index is 1030. The monoisotopic (exact) mass is 428 g/mol. The molecule has 1 aliphatic rings. The molecule has 2 aromatic carbocycles. The number of carbonyl (C=O) groups is 2. The highest BCUT2D eigenvalue weighted by molar-refractivity contribution is 7.93. The summed E-state index contributed by atoms with van der Waals surface area (Å²) in [7, 11) is -3.93. The number of sulfone groups is 1. The Morgan fingerprint density at radius 2 is 1.52 bits per heavy atom. The van der Waals surface area contributed by atoms with Crippen molar-refractivity contribution in [2.75, 3.05) is 12.3 Å². The third-order valence-corrected chi connectivity index (χ3v) is 6.41. The van der Waals surface area contributed by atoms with Crippen LogP contribution in [0.2, 0.25) is 0 Å². The number of benzene rings is 2. The molecule has 0 spiro atoms. The molecule has 0 aliphatic carbocycles. The van der Waals surface area contributed by atoms with Gasteiger partial charge in [0.05, 0.1) is 11.3 Å². The molecule has 1 fully saturated rings. The maximum Gasteiger partial charge on any atom is 0.416 e. The summed E-state index contributed by atoms with van der Waals surface area (Å²) in [5.74, 6) is -2.36. The number of carbonyl (C=O) groups excluding carboxylic acids is 2. The van der Waals surface area contributed by atoms with Crippen LogP contribution in [0.25, 0.3) is 11.1 Å². The van der Waals surface area contributed by atoms with Gasteiger partial charge in [-0.05, 0) is 35.4 Å². The smallest absolute Gasteiger partial charge is 0.313 e. The highest BCUT2D eigenvalue weighted by Gasteiger charge is 2.46. The van der Waals surface area contributed by atoms with Gasteiger partial charge in [-0.1, -0.05) is 24.3 Å². The maximum atomic E-state index is 12.7. The quantitative estimate of drug-likeness (QED) is 0.576. The van der Waals surface area contributed by atoms with Crippen LogP contribution in [0.3, 0.4) is 0 Å². The van der Waals surface area contributed by atoms with E-state index in [4.69, 9.17) is 5.21 Å². The van der Waals surface area contributed by atoms with E-state index in [1.165, 1.54) is 41.9 Å². The number of halogens is 3. The second-order valence-corrected chi connectivity index (χ2v) is 8.53. The Hall–Kier alpha value is -2.92. The standard InChI is InChI=1S/C18H15F3N2O5S/c19-18(20,21)14-7-5-12(6-8-14)11-1-3-13(4-2-11)16(25)23-9-10-29(27,28)17(23)15(24)22-26/h1-8,17,26H,9-10H2,(H,22,24)/t17-/m0/s1. The van der Waals surface area contributed by atoms with Gasteiger partial charge in [-0.2, -0.15) is 13.2 Å². The van der Waals surface area contributed by atoms with E-state index in [-0.39, 0.29) is 12.1 Å². The molecule has 0 radical (unpaired) electrons. The molecule has 11 heteroatoms. The topological polar surface area (TPSA) is 104 Å². The number of nitrogens with one attached hydrogen (secondary N) is 1. The Balaban J connectivity index is 1.83. The van der Waals surface area contributed by atoms with Crippen LogP contribution >= 0.6 is 0 Å². The summed E-state index contributed by atoms with van der Waals surface area (Å²) in [4.78, 5) is 25.2. The highest BCUT2D eigenvalue weighted by Crippen LogP contribution is 2.31. The Morgan fingerprint density at radius 1 is 1.00 bits per heavy atom. The van der Waals surface area contributed by atoms with Crippen LogP contribution in [-0.4, -0.2) is 48.0 Å². The van der Waals surface area contributed by atoms with Crippen molar-refractivity contribution in [2.24, 2.45) is 0 Å². The fourth-order valence-corrected chi connectivity index (χ4v) is 4.68. The van der Waals surface area contributed by atoms with Gasteiger partial charge >= 0.3 is 6.18 Å². The molecule has 7 nitrogen and oxygen atoms in total. The number of alkyl halides is 3. The van der Waals surface area contributed by atoms with Crippen LogP contribution in [0.5, 0.6) is 0 Å². The number of hydrogen-bond acceptors (Lipinski definition) is 5. The van der Waals surface area contributed by atoms with Crippen LogP contribution < -0.4 is 5.48 Å². The molecule has 29 heavy (non-hydrogen) atoms. The summed E-state index contributed by atoms with van der Waals surface area (Å²) >= 11 is 0. The predicted molar refractivity (Wildman–Crippen MR) is 95.4 cm³/mol. The molecule has 2 amide bonds. The van der Waals surface area contributed by atoms with Crippen molar-refractivity contribution in [3.8, 4) is 11.1 Å². The first-order chi connectivity index (χ1) is 13.5. The molecular weight excluding hydrogens is 413 g/mol. The summed E-state index contributed by atoms with van der Waals surface area (Å²) < 4.78 is 62.0. The summed E-state index contributed by atoms with van der Waals surface area (Å²) in [6.45, 7) is -0.208. The third-order valence-electron chi connectivity index (χ3n) is 4.51.